The first-order chi connectivity index (χ1) is 10.2. The molecule has 0 radical (unpaired) electrons. The summed E-state index contributed by atoms with van der Waals surface area (Å²) in [5, 5.41) is 8.93. The first-order valence-corrected chi connectivity index (χ1v) is 7.13. The molecule has 1 heterocycles. The molecule has 0 aliphatic rings. The third kappa shape index (κ3) is 4.30. The number of hydrogen-bond acceptors (Lipinski definition) is 4. The molecular formula is C17H20N4. The molecule has 0 aliphatic heterocycles. The van der Waals surface area contributed by atoms with Crippen LogP contribution in [0.1, 0.15) is 30.2 Å². The van der Waals surface area contributed by atoms with Crippen LogP contribution < -0.4 is 5.73 Å². The Hall–Kier alpha value is -2.38. The molecule has 2 rings (SSSR count). The number of nitriles is 1. The maximum absolute atomic E-state index is 8.93. The smallest absolute Gasteiger partial charge is 0.140 e. The summed E-state index contributed by atoms with van der Waals surface area (Å²) in [4.78, 5) is 6.35. The fraction of sp³-hybridized carbons (Fsp3) is 0.294. The first-order valence-electron chi connectivity index (χ1n) is 7.13. The van der Waals surface area contributed by atoms with Crippen molar-refractivity contribution in [3.8, 4) is 6.07 Å². The molecule has 1 aromatic heterocycles. The molecule has 0 spiro atoms. The third-order valence-electron chi connectivity index (χ3n) is 3.33. The third-order valence-corrected chi connectivity index (χ3v) is 3.33. The van der Waals surface area contributed by atoms with Gasteiger partial charge >= 0.3 is 0 Å². The highest BCUT2D eigenvalue weighted by Crippen LogP contribution is 2.16. The largest absolute Gasteiger partial charge is 0.398 e. The van der Waals surface area contributed by atoms with E-state index < -0.39 is 0 Å². The second-order valence-electron chi connectivity index (χ2n) is 5.07. The van der Waals surface area contributed by atoms with Gasteiger partial charge in [-0.05, 0) is 42.3 Å². The van der Waals surface area contributed by atoms with Crippen molar-refractivity contribution in [1.29, 1.82) is 5.26 Å². The monoisotopic (exact) mass is 280 g/mol. The molecule has 0 bridgehead atoms. The maximum Gasteiger partial charge on any atom is 0.140 e. The number of hydrogen-bond donors (Lipinski definition) is 1. The van der Waals surface area contributed by atoms with Crippen molar-refractivity contribution in [1.82, 2.24) is 9.88 Å². The molecule has 0 atom stereocenters. The van der Waals surface area contributed by atoms with Gasteiger partial charge in [0.05, 0.1) is 0 Å². The molecule has 21 heavy (non-hydrogen) atoms. The van der Waals surface area contributed by atoms with E-state index in [2.05, 4.69) is 28.9 Å². The van der Waals surface area contributed by atoms with Crippen molar-refractivity contribution in [2.75, 3.05) is 12.3 Å². The van der Waals surface area contributed by atoms with Gasteiger partial charge in [-0.15, -0.1) is 0 Å². The number of aromatic nitrogens is 1. The molecule has 0 aliphatic carbocycles. The van der Waals surface area contributed by atoms with Gasteiger partial charge in [0.1, 0.15) is 11.8 Å². The van der Waals surface area contributed by atoms with Gasteiger partial charge in [-0.25, -0.2) is 4.98 Å². The highest BCUT2D eigenvalue weighted by molar-refractivity contribution is 5.46. The molecule has 0 amide bonds. The van der Waals surface area contributed by atoms with Crippen molar-refractivity contribution in [2.24, 2.45) is 0 Å². The predicted octanol–water partition coefficient (Wildman–Crippen LogP) is 2.95. The number of para-hydroxylation sites is 1. The zero-order valence-corrected chi connectivity index (χ0v) is 12.3. The van der Waals surface area contributed by atoms with E-state index in [9.17, 15) is 0 Å². The standard InChI is InChI=1S/C17H20N4/c1-2-9-21(13-15-5-3-4-6-17(15)19)12-14-7-8-20-16(10-14)11-18/h3-8,10H,2,9,12-13,19H2,1H3. The maximum atomic E-state index is 8.93. The molecule has 2 N–H and O–H groups in total. The fourth-order valence-electron chi connectivity index (χ4n) is 2.34. The number of benzene rings is 1. The Bertz CT molecular complexity index is 631. The van der Waals surface area contributed by atoms with E-state index in [1.54, 1.807) is 6.20 Å². The van der Waals surface area contributed by atoms with Crippen LogP contribution >= 0.6 is 0 Å². The molecule has 4 heteroatoms. The highest BCUT2D eigenvalue weighted by Gasteiger charge is 2.08. The number of nitrogens with two attached hydrogens (primary N) is 1. The minimum Gasteiger partial charge on any atom is -0.398 e. The molecular weight excluding hydrogens is 260 g/mol. The van der Waals surface area contributed by atoms with Crippen molar-refractivity contribution >= 4 is 5.69 Å². The summed E-state index contributed by atoms with van der Waals surface area (Å²) in [6.45, 7) is 4.75. The number of rotatable bonds is 6. The van der Waals surface area contributed by atoms with Crippen molar-refractivity contribution in [2.45, 2.75) is 26.4 Å². The van der Waals surface area contributed by atoms with Crippen LogP contribution in [-0.4, -0.2) is 16.4 Å². The molecule has 0 unspecified atom stereocenters. The minimum absolute atomic E-state index is 0.461. The number of anilines is 1. The van der Waals surface area contributed by atoms with Crippen LogP contribution in [-0.2, 0) is 13.1 Å². The first kappa shape index (κ1) is 15.0. The Morgan fingerprint density at radius 2 is 2.05 bits per heavy atom. The van der Waals surface area contributed by atoms with Crippen LogP contribution in [0.2, 0.25) is 0 Å². The number of nitrogens with zero attached hydrogens (tertiary/aromatic N) is 3. The van der Waals surface area contributed by atoms with Gasteiger partial charge in [0.2, 0.25) is 0 Å². The molecule has 1 aromatic carbocycles. The zero-order chi connectivity index (χ0) is 15.1. The number of nitrogen functional groups attached to an aromatic ring is 1. The molecule has 4 nitrogen and oxygen atoms in total. The molecule has 0 saturated heterocycles. The van der Waals surface area contributed by atoms with Crippen LogP contribution in [0.15, 0.2) is 42.6 Å². The summed E-state index contributed by atoms with van der Waals surface area (Å²) >= 11 is 0. The molecule has 0 saturated carbocycles. The normalized spacial score (nSPS) is 10.5. The SMILES string of the molecule is CCCN(Cc1ccnc(C#N)c1)Cc1ccccc1N. The Morgan fingerprint density at radius 3 is 2.76 bits per heavy atom. The topological polar surface area (TPSA) is 65.9 Å². The lowest BCUT2D eigenvalue weighted by molar-refractivity contribution is 0.257. The van der Waals surface area contributed by atoms with E-state index in [1.807, 2.05) is 30.3 Å². The summed E-state index contributed by atoms with van der Waals surface area (Å²) in [5.41, 5.74) is 9.55. The van der Waals surface area contributed by atoms with Gasteiger partial charge in [-0.3, -0.25) is 4.90 Å². The summed E-state index contributed by atoms with van der Waals surface area (Å²) in [7, 11) is 0. The molecule has 0 fully saturated rings. The lowest BCUT2D eigenvalue weighted by Crippen LogP contribution is -2.24. The van der Waals surface area contributed by atoms with Gasteiger partial charge in [0.15, 0.2) is 0 Å². The van der Waals surface area contributed by atoms with Crippen LogP contribution in [0.5, 0.6) is 0 Å². The van der Waals surface area contributed by atoms with E-state index in [4.69, 9.17) is 11.0 Å². The van der Waals surface area contributed by atoms with E-state index in [-0.39, 0.29) is 0 Å². The van der Waals surface area contributed by atoms with Crippen LogP contribution in [0.3, 0.4) is 0 Å². The average Bonchev–Trinajstić information content (AvgIpc) is 2.50. The van der Waals surface area contributed by atoms with Crippen molar-refractivity contribution in [3.63, 3.8) is 0 Å². The number of pyridine rings is 1. The fourth-order valence-corrected chi connectivity index (χ4v) is 2.34. The second-order valence-corrected chi connectivity index (χ2v) is 5.07. The van der Waals surface area contributed by atoms with Crippen LogP contribution in [0.4, 0.5) is 5.69 Å². The molecule has 2 aromatic rings. The van der Waals surface area contributed by atoms with Crippen molar-refractivity contribution in [3.05, 3.63) is 59.4 Å². The van der Waals surface area contributed by atoms with E-state index in [1.165, 1.54) is 0 Å². The van der Waals surface area contributed by atoms with E-state index in [0.717, 1.165) is 42.9 Å². The average molecular weight is 280 g/mol. The van der Waals surface area contributed by atoms with Gasteiger partial charge in [-0.1, -0.05) is 25.1 Å². The zero-order valence-electron chi connectivity index (χ0n) is 12.3. The Balaban J connectivity index is 2.12. The van der Waals surface area contributed by atoms with E-state index >= 15 is 0 Å². The lowest BCUT2D eigenvalue weighted by atomic mass is 10.1. The Kier molecular flexibility index (Phi) is 5.30. The summed E-state index contributed by atoms with van der Waals surface area (Å²) in [6.07, 6.45) is 2.76. The van der Waals surface area contributed by atoms with Crippen molar-refractivity contribution < 1.29 is 0 Å². The predicted molar refractivity (Wildman–Crippen MR) is 84.2 cm³/mol. The van der Waals surface area contributed by atoms with Gasteiger partial charge in [0, 0.05) is 25.0 Å². The lowest BCUT2D eigenvalue weighted by Gasteiger charge is -2.22. The minimum atomic E-state index is 0.461. The summed E-state index contributed by atoms with van der Waals surface area (Å²) < 4.78 is 0. The second kappa shape index (κ2) is 7.41. The highest BCUT2D eigenvalue weighted by atomic mass is 15.1. The van der Waals surface area contributed by atoms with Gasteiger partial charge in [0.25, 0.3) is 0 Å². The summed E-state index contributed by atoms with van der Waals surface area (Å²) in [6, 6.07) is 13.8. The quantitative estimate of drug-likeness (QED) is 0.826. The summed E-state index contributed by atoms with van der Waals surface area (Å²) in [5.74, 6) is 0. The van der Waals surface area contributed by atoms with Gasteiger partial charge in [-0.2, -0.15) is 5.26 Å². The van der Waals surface area contributed by atoms with Crippen LogP contribution in [0, 0.1) is 11.3 Å². The van der Waals surface area contributed by atoms with Crippen LogP contribution in [0.25, 0.3) is 0 Å². The Morgan fingerprint density at radius 1 is 1.24 bits per heavy atom. The molecule has 108 valence electrons. The van der Waals surface area contributed by atoms with Gasteiger partial charge < -0.3 is 5.73 Å². The Labute approximate surface area is 125 Å². The van der Waals surface area contributed by atoms with E-state index in [0.29, 0.717) is 5.69 Å².